The maximum absolute atomic E-state index is 12.0. The van der Waals surface area contributed by atoms with Crippen molar-refractivity contribution in [2.45, 2.75) is 20.0 Å². The second-order valence-corrected chi connectivity index (χ2v) is 5.05. The van der Waals surface area contributed by atoms with Crippen molar-refractivity contribution < 1.29 is 9.90 Å². The van der Waals surface area contributed by atoms with Crippen LogP contribution in [0.25, 0.3) is 0 Å². The molecule has 1 aromatic heterocycles. The van der Waals surface area contributed by atoms with E-state index in [1.165, 1.54) is 11.3 Å². The fraction of sp³-hybridized carbons (Fsp3) is 0.231. The number of nitrogens with zero attached hydrogens (tertiary/aromatic N) is 1. The van der Waals surface area contributed by atoms with Crippen LogP contribution in [0.5, 0.6) is 0 Å². The number of aryl methyl sites for hydroxylation is 2. The van der Waals surface area contributed by atoms with Crippen molar-refractivity contribution in [2.24, 2.45) is 0 Å². The van der Waals surface area contributed by atoms with Crippen LogP contribution in [0.2, 0.25) is 0 Å². The van der Waals surface area contributed by atoms with Gasteiger partial charge in [0.05, 0.1) is 15.6 Å². The minimum absolute atomic E-state index is 0.280. The topological polar surface area (TPSA) is 50.2 Å². The van der Waals surface area contributed by atoms with Crippen LogP contribution in [0.15, 0.2) is 30.3 Å². The zero-order chi connectivity index (χ0) is 12.4. The minimum atomic E-state index is -1.11. The van der Waals surface area contributed by atoms with Crippen molar-refractivity contribution in [1.82, 2.24) is 4.98 Å². The number of rotatable bonds is 3. The number of aliphatic hydroxyl groups excluding tert-OH is 1. The molecule has 0 spiro atoms. The highest BCUT2D eigenvalue weighted by Gasteiger charge is 2.23. The van der Waals surface area contributed by atoms with Gasteiger partial charge in [-0.25, -0.2) is 4.98 Å². The number of carbonyl (C=O) groups is 1. The lowest BCUT2D eigenvalue weighted by Crippen LogP contribution is -2.11. The van der Waals surface area contributed by atoms with Crippen molar-refractivity contribution in [3.8, 4) is 0 Å². The molecule has 3 nitrogen and oxygen atoms in total. The summed E-state index contributed by atoms with van der Waals surface area (Å²) in [6.45, 7) is 3.67. The van der Waals surface area contributed by atoms with E-state index in [1.54, 1.807) is 31.2 Å². The van der Waals surface area contributed by atoms with Gasteiger partial charge in [0.15, 0.2) is 11.9 Å². The molecule has 1 N–H and O–H groups in total. The molecule has 1 unspecified atom stereocenters. The fourth-order valence-corrected chi connectivity index (χ4v) is 2.59. The molecule has 0 aliphatic carbocycles. The van der Waals surface area contributed by atoms with Gasteiger partial charge in [-0.15, -0.1) is 11.3 Å². The Balaban J connectivity index is 2.30. The average Bonchev–Trinajstić information content (AvgIpc) is 2.68. The van der Waals surface area contributed by atoms with E-state index in [0.29, 0.717) is 10.4 Å². The Morgan fingerprint density at radius 2 is 1.94 bits per heavy atom. The molecule has 2 rings (SSSR count). The lowest BCUT2D eigenvalue weighted by molar-refractivity contribution is 0.0752. The van der Waals surface area contributed by atoms with E-state index in [-0.39, 0.29) is 5.78 Å². The van der Waals surface area contributed by atoms with Crippen LogP contribution in [0.3, 0.4) is 0 Å². The first-order chi connectivity index (χ1) is 8.09. The maximum atomic E-state index is 12.0. The van der Waals surface area contributed by atoms with Crippen LogP contribution in [-0.4, -0.2) is 15.9 Å². The minimum Gasteiger partial charge on any atom is -0.379 e. The summed E-state index contributed by atoms with van der Waals surface area (Å²) in [4.78, 5) is 16.9. The van der Waals surface area contributed by atoms with E-state index in [9.17, 15) is 9.90 Å². The molecule has 0 aliphatic rings. The molecule has 88 valence electrons. The molecule has 0 bridgehead atoms. The molecule has 0 radical (unpaired) electrons. The van der Waals surface area contributed by atoms with Crippen molar-refractivity contribution in [3.63, 3.8) is 0 Å². The molecule has 1 atom stereocenters. The SMILES string of the molecule is Cc1nc(C)c(C(O)C(=O)c2ccccc2)s1. The van der Waals surface area contributed by atoms with Crippen LogP contribution in [-0.2, 0) is 0 Å². The highest BCUT2D eigenvalue weighted by Crippen LogP contribution is 2.27. The third kappa shape index (κ3) is 2.43. The van der Waals surface area contributed by atoms with Gasteiger partial charge >= 0.3 is 0 Å². The second kappa shape index (κ2) is 4.77. The summed E-state index contributed by atoms with van der Waals surface area (Å²) in [5, 5.41) is 10.9. The molecule has 0 aliphatic heterocycles. The summed E-state index contributed by atoms with van der Waals surface area (Å²) in [6, 6.07) is 8.81. The predicted octanol–water partition coefficient (Wildman–Crippen LogP) is 2.68. The van der Waals surface area contributed by atoms with Crippen molar-refractivity contribution >= 4 is 17.1 Å². The number of hydrogen-bond donors (Lipinski definition) is 1. The van der Waals surface area contributed by atoms with Gasteiger partial charge in [0.25, 0.3) is 0 Å². The van der Waals surface area contributed by atoms with Crippen LogP contribution in [0.1, 0.15) is 32.0 Å². The first kappa shape index (κ1) is 12.0. The van der Waals surface area contributed by atoms with Crippen molar-refractivity contribution in [3.05, 3.63) is 51.5 Å². The lowest BCUT2D eigenvalue weighted by Gasteiger charge is -2.07. The molecule has 0 fully saturated rings. The summed E-state index contributed by atoms with van der Waals surface area (Å²) in [5.41, 5.74) is 1.25. The maximum Gasteiger partial charge on any atom is 0.196 e. The second-order valence-electron chi connectivity index (χ2n) is 3.82. The Labute approximate surface area is 104 Å². The standard InChI is InChI=1S/C13H13NO2S/c1-8-13(17-9(2)14-8)12(16)11(15)10-6-4-3-5-7-10/h3-7,12,16H,1-2H3. The lowest BCUT2D eigenvalue weighted by atomic mass is 10.0. The van der Waals surface area contributed by atoms with Gasteiger partial charge in [0.2, 0.25) is 0 Å². The number of hydrogen-bond acceptors (Lipinski definition) is 4. The first-order valence-electron chi connectivity index (χ1n) is 5.31. The molecular weight excluding hydrogens is 234 g/mol. The normalized spacial score (nSPS) is 12.4. The molecule has 4 heteroatoms. The van der Waals surface area contributed by atoms with Gasteiger partial charge in [-0.3, -0.25) is 4.79 Å². The summed E-state index contributed by atoms with van der Waals surface area (Å²) >= 11 is 1.36. The Bertz CT molecular complexity index is 534. The van der Waals surface area contributed by atoms with Crippen LogP contribution >= 0.6 is 11.3 Å². The average molecular weight is 247 g/mol. The van der Waals surface area contributed by atoms with Gasteiger partial charge < -0.3 is 5.11 Å². The van der Waals surface area contributed by atoms with Crippen LogP contribution in [0.4, 0.5) is 0 Å². The van der Waals surface area contributed by atoms with Crippen LogP contribution < -0.4 is 0 Å². The van der Waals surface area contributed by atoms with E-state index >= 15 is 0 Å². The molecule has 1 aromatic carbocycles. The number of carbonyl (C=O) groups excluding carboxylic acids is 1. The third-order valence-corrected chi connectivity index (χ3v) is 3.62. The Morgan fingerprint density at radius 3 is 2.47 bits per heavy atom. The van der Waals surface area contributed by atoms with E-state index in [4.69, 9.17) is 0 Å². The molecule has 1 heterocycles. The first-order valence-corrected chi connectivity index (χ1v) is 6.12. The Kier molecular flexibility index (Phi) is 3.36. The van der Waals surface area contributed by atoms with Gasteiger partial charge in [-0.05, 0) is 13.8 Å². The van der Waals surface area contributed by atoms with Gasteiger partial charge in [-0.1, -0.05) is 30.3 Å². The number of thiazole rings is 1. The van der Waals surface area contributed by atoms with Gasteiger partial charge in [-0.2, -0.15) is 0 Å². The van der Waals surface area contributed by atoms with Crippen molar-refractivity contribution in [1.29, 1.82) is 0 Å². The molecule has 17 heavy (non-hydrogen) atoms. The summed E-state index contributed by atoms with van der Waals surface area (Å²) in [5.74, 6) is -0.280. The number of Topliss-reactive ketones (excluding diaryl/α,β-unsaturated/α-hetero) is 1. The van der Waals surface area contributed by atoms with E-state index < -0.39 is 6.10 Å². The zero-order valence-electron chi connectivity index (χ0n) is 9.68. The number of benzene rings is 1. The number of aliphatic hydroxyl groups is 1. The quantitative estimate of drug-likeness (QED) is 0.848. The number of ketones is 1. The highest BCUT2D eigenvalue weighted by atomic mass is 32.1. The Morgan fingerprint density at radius 1 is 1.29 bits per heavy atom. The summed E-state index contributed by atoms with van der Waals surface area (Å²) in [7, 11) is 0. The Hall–Kier alpha value is -1.52. The molecule has 0 saturated carbocycles. The summed E-state index contributed by atoms with van der Waals surface area (Å²) < 4.78 is 0. The smallest absolute Gasteiger partial charge is 0.196 e. The van der Waals surface area contributed by atoms with Gasteiger partial charge in [0.1, 0.15) is 0 Å². The molecule has 0 saturated heterocycles. The summed E-state index contributed by atoms with van der Waals surface area (Å²) in [6.07, 6.45) is -1.11. The van der Waals surface area contributed by atoms with Crippen molar-refractivity contribution in [2.75, 3.05) is 0 Å². The highest BCUT2D eigenvalue weighted by molar-refractivity contribution is 7.11. The van der Waals surface area contributed by atoms with Crippen LogP contribution in [0, 0.1) is 13.8 Å². The molecular formula is C13H13NO2S. The fourth-order valence-electron chi connectivity index (χ4n) is 1.68. The number of aromatic nitrogens is 1. The van der Waals surface area contributed by atoms with E-state index in [1.807, 2.05) is 13.0 Å². The molecule has 0 amide bonds. The van der Waals surface area contributed by atoms with E-state index in [2.05, 4.69) is 4.98 Å². The van der Waals surface area contributed by atoms with E-state index in [0.717, 1.165) is 10.7 Å². The third-order valence-electron chi connectivity index (χ3n) is 2.49. The zero-order valence-corrected chi connectivity index (χ0v) is 10.5. The monoisotopic (exact) mass is 247 g/mol. The van der Waals surface area contributed by atoms with Gasteiger partial charge in [0, 0.05) is 5.56 Å². The largest absolute Gasteiger partial charge is 0.379 e. The molecule has 2 aromatic rings. The predicted molar refractivity (Wildman–Crippen MR) is 67.3 cm³/mol.